The van der Waals surface area contributed by atoms with E-state index >= 15 is 0 Å². The molecule has 0 fully saturated rings. The van der Waals surface area contributed by atoms with Crippen molar-refractivity contribution in [3.8, 4) is 0 Å². The summed E-state index contributed by atoms with van der Waals surface area (Å²) in [4.78, 5) is 21.6. The molecule has 0 aliphatic heterocycles. The minimum atomic E-state index is -2.98. The maximum atomic E-state index is 12.7. The first kappa shape index (κ1) is 14.0. The quantitative estimate of drug-likeness (QED) is 0.775. The van der Waals surface area contributed by atoms with Crippen molar-refractivity contribution >= 4 is 11.9 Å². The van der Waals surface area contributed by atoms with Gasteiger partial charge >= 0.3 is 5.97 Å². The predicted octanol–water partition coefficient (Wildman–Crippen LogP) is 0.440. The first-order valence-electron chi connectivity index (χ1n) is 5.12. The van der Waals surface area contributed by atoms with Gasteiger partial charge in [-0.05, 0) is 6.42 Å². The number of carbonyl (C=O) groups excluding carboxylic acids is 1. The van der Waals surface area contributed by atoms with E-state index in [0.717, 1.165) is 4.68 Å². The highest BCUT2D eigenvalue weighted by Crippen LogP contribution is 2.21. The summed E-state index contributed by atoms with van der Waals surface area (Å²) < 4.78 is 26.2. The molecule has 0 saturated heterocycles. The van der Waals surface area contributed by atoms with E-state index in [4.69, 9.17) is 5.11 Å². The van der Waals surface area contributed by atoms with E-state index in [9.17, 15) is 18.4 Å². The molecule has 0 spiro atoms. The lowest BCUT2D eigenvalue weighted by atomic mass is 10.2. The van der Waals surface area contributed by atoms with Crippen LogP contribution in [0.15, 0.2) is 0 Å². The largest absolute Gasteiger partial charge is 0.476 e. The van der Waals surface area contributed by atoms with E-state index in [1.807, 2.05) is 0 Å². The zero-order valence-corrected chi connectivity index (χ0v) is 9.56. The van der Waals surface area contributed by atoms with Gasteiger partial charge in [0, 0.05) is 20.0 Å². The molecule has 7 nitrogen and oxygen atoms in total. The topological polar surface area (TPSA) is 97.1 Å². The average Bonchev–Trinajstić information content (AvgIpc) is 2.72. The van der Waals surface area contributed by atoms with Crippen LogP contribution < -0.4 is 5.32 Å². The SMILES string of the molecule is CNC(=O)CCCn1nnc(C(=O)O)c1C(F)F. The van der Waals surface area contributed by atoms with Crippen molar-refractivity contribution in [3.05, 3.63) is 11.4 Å². The highest BCUT2D eigenvalue weighted by atomic mass is 19.3. The number of aromatic nitrogens is 3. The number of amides is 1. The van der Waals surface area contributed by atoms with Gasteiger partial charge in [0.2, 0.25) is 5.91 Å². The number of carboxylic acid groups (broad SMARTS) is 1. The smallest absolute Gasteiger partial charge is 0.358 e. The normalized spacial score (nSPS) is 10.7. The summed E-state index contributed by atoms with van der Waals surface area (Å²) in [5.74, 6) is -1.78. The second-order valence-electron chi connectivity index (χ2n) is 3.43. The molecule has 0 atom stereocenters. The summed E-state index contributed by atoms with van der Waals surface area (Å²) in [6.45, 7) is 0.00731. The average molecular weight is 262 g/mol. The van der Waals surface area contributed by atoms with Gasteiger partial charge in [0.05, 0.1) is 0 Å². The number of rotatable bonds is 6. The van der Waals surface area contributed by atoms with E-state index in [-0.39, 0.29) is 25.3 Å². The Hall–Kier alpha value is -2.06. The fourth-order valence-corrected chi connectivity index (χ4v) is 1.37. The fourth-order valence-electron chi connectivity index (χ4n) is 1.37. The predicted molar refractivity (Wildman–Crippen MR) is 55.2 cm³/mol. The number of alkyl halides is 2. The van der Waals surface area contributed by atoms with Crippen LogP contribution >= 0.6 is 0 Å². The molecule has 1 aromatic heterocycles. The molecular formula is C9H12F2N4O3. The summed E-state index contributed by atoms with van der Waals surface area (Å²) in [5.41, 5.74) is -1.50. The van der Waals surface area contributed by atoms with Crippen LogP contribution in [0.5, 0.6) is 0 Å². The monoisotopic (exact) mass is 262 g/mol. The van der Waals surface area contributed by atoms with E-state index in [2.05, 4.69) is 15.6 Å². The number of carboxylic acids is 1. The number of carbonyl (C=O) groups is 2. The third-order valence-corrected chi connectivity index (χ3v) is 2.24. The lowest BCUT2D eigenvalue weighted by Gasteiger charge is -2.05. The number of hydrogen-bond donors (Lipinski definition) is 2. The maximum Gasteiger partial charge on any atom is 0.358 e. The molecule has 2 N–H and O–H groups in total. The molecule has 0 saturated carbocycles. The molecular weight excluding hydrogens is 250 g/mol. The van der Waals surface area contributed by atoms with Crippen LogP contribution in [0.25, 0.3) is 0 Å². The first-order valence-corrected chi connectivity index (χ1v) is 5.12. The molecule has 0 bridgehead atoms. The fraction of sp³-hybridized carbons (Fsp3) is 0.556. The Bertz CT molecular complexity index is 447. The van der Waals surface area contributed by atoms with E-state index in [1.165, 1.54) is 7.05 Å². The molecule has 0 unspecified atom stereocenters. The Kier molecular flexibility index (Phi) is 4.69. The highest BCUT2D eigenvalue weighted by Gasteiger charge is 2.25. The van der Waals surface area contributed by atoms with Gasteiger partial charge in [0.15, 0.2) is 5.69 Å². The second-order valence-corrected chi connectivity index (χ2v) is 3.43. The van der Waals surface area contributed by atoms with Crippen LogP contribution in [-0.4, -0.2) is 39.0 Å². The van der Waals surface area contributed by atoms with Crippen molar-refractivity contribution in [1.82, 2.24) is 20.3 Å². The van der Waals surface area contributed by atoms with Crippen LogP contribution in [-0.2, 0) is 11.3 Å². The minimum Gasteiger partial charge on any atom is -0.476 e. The molecule has 0 aliphatic rings. The van der Waals surface area contributed by atoms with Gasteiger partial charge in [-0.2, -0.15) is 0 Å². The summed E-state index contributed by atoms with van der Waals surface area (Å²) in [6, 6.07) is 0. The Morgan fingerprint density at radius 1 is 1.50 bits per heavy atom. The lowest BCUT2D eigenvalue weighted by molar-refractivity contribution is -0.120. The summed E-state index contributed by atoms with van der Waals surface area (Å²) in [7, 11) is 1.46. The van der Waals surface area contributed by atoms with E-state index < -0.39 is 23.8 Å². The molecule has 100 valence electrons. The van der Waals surface area contributed by atoms with E-state index in [1.54, 1.807) is 0 Å². The second kappa shape index (κ2) is 6.03. The van der Waals surface area contributed by atoms with Crippen molar-refractivity contribution in [1.29, 1.82) is 0 Å². The Morgan fingerprint density at radius 2 is 2.17 bits per heavy atom. The van der Waals surface area contributed by atoms with Gasteiger partial charge in [-0.1, -0.05) is 5.21 Å². The lowest BCUT2D eigenvalue weighted by Crippen LogP contribution is -2.18. The Labute approximate surface area is 101 Å². The van der Waals surface area contributed by atoms with E-state index in [0.29, 0.717) is 0 Å². The van der Waals surface area contributed by atoms with Crippen LogP contribution in [0.2, 0.25) is 0 Å². The van der Waals surface area contributed by atoms with Crippen LogP contribution in [0, 0.1) is 0 Å². The van der Waals surface area contributed by atoms with Crippen LogP contribution in [0.4, 0.5) is 8.78 Å². The minimum absolute atomic E-state index is 0.00731. The molecule has 1 aromatic rings. The van der Waals surface area contributed by atoms with Gasteiger partial charge in [-0.15, -0.1) is 5.10 Å². The number of halogens is 2. The van der Waals surface area contributed by atoms with Gasteiger partial charge in [-0.3, -0.25) is 4.79 Å². The Morgan fingerprint density at radius 3 is 2.67 bits per heavy atom. The molecule has 18 heavy (non-hydrogen) atoms. The van der Waals surface area contributed by atoms with Crippen LogP contribution in [0.3, 0.4) is 0 Å². The standard InChI is InChI=1S/C9H12F2N4O3/c1-12-5(16)3-2-4-15-7(8(10)11)6(9(17)18)13-14-15/h8H,2-4H2,1H3,(H,12,16)(H,17,18). The van der Waals surface area contributed by atoms with Gasteiger partial charge in [0.25, 0.3) is 6.43 Å². The number of nitrogens with one attached hydrogen (secondary N) is 1. The molecule has 1 rings (SSSR count). The van der Waals surface area contributed by atoms with Crippen molar-refractivity contribution in [2.24, 2.45) is 0 Å². The van der Waals surface area contributed by atoms with Crippen molar-refractivity contribution in [2.45, 2.75) is 25.8 Å². The van der Waals surface area contributed by atoms with Crippen molar-refractivity contribution < 1.29 is 23.5 Å². The number of aryl methyl sites for hydroxylation is 1. The van der Waals surface area contributed by atoms with Gasteiger partial charge < -0.3 is 10.4 Å². The number of aromatic carboxylic acids is 1. The number of nitrogens with zero attached hydrogens (tertiary/aromatic N) is 3. The number of hydrogen-bond acceptors (Lipinski definition) is 4. The maximum absolute atomic E-state index is 12.7. The zero-order valence-electron chi connectivity index (χ0n) is 9.56. The zero-order chi connectivity index (χ0) is 13.7. The van der Waals surface area contributed by atoms with Crippen molar-refractivity contribution in [3.63, 3.8) is 0 Å². The summed E-state index contributed by atoms with van der Waals surface area (Å²) >= 11 is 0. The van der Waals surface area contributed by atoms with Gasteiger partial charge in [0.1, 0.15) is 5.69 Å². The molecule has 1 amide bonds. The summed E-state index contributed by atoms with van der Waals surface area (Å²) in [6.07, 6.45) is -2.57. The third kappa shape index (κ3) is 3.22. The third-order valence-electron chi connectivity index (χ3n) is 2.24. The van der Waals surface area contributed by atoms with Gasteiger partial charge in [-0.25, -0.2) is 18.3 Å². The van der Waals surface area contributed by atoms with Crippen molar-refractivity contribution in [2.75, 3.05) is 7.05 Å². The first-order chi connectivity index (χ1) is 8.47. The van der Waals surface area contributed by atoms with Crippen LogP contribution in [0.1, 0.15) is 35.4 Å². The highest BCUT2D eigenvalue weighted by molar-refractivity contribution is 5.86. The molecule has 0 radical (unpaired) electrons. The molecule has 0 aromatic carbocycles. The molecule has 9 heteroatoms. The summed E-state index contributed by atoms with van der Waals surface area (Å²) in [5, 5.41) is 17.6. The Balaban J connectivity index is 2.77. The molecule has 1 heterocycles. The molecule has 0 aliphatic carbocycles.